The van der Waals surface area contributed by atoms with Crippen LogP contribution in [0.1, 0.15) is 15.9 Å². The molecule has 0 saturated carbocycles. The summed E-state index contributed by atoms with van der Waals surface area (Å²) in [6, 6.07) is 27.9. The molecule has 0 heterocycles. The van der Waals surface area contributed by atoms with Crippen molar-refractivity contribution in [2.45, 2.75) is 0 Å². The number of anilines is 1. The van der Waals surface area contributed by atoms with Crippen molar-refractivity contribution >= 4 is 34.3 Å². The van der Waals surface area contributed by atoms with Crippen molar-refractivity contribution in [3.8, 4) is 11.1 Å². The van der Waals surface area contributed by atoms with Gasteiger partial charge in [-0.3, -0.25) is 4.79 Å². The summed E-state index contributed by atoms with van der Waals surface area (Å²) in [4.78, 5) is 19.7. The van der Waals surface area contributed by atoms with Crippen molar-refractivity contribution in [2.24, 2.45) is 4.99 Å². The molecule has 28 heavy (non-hydrogen) atoms. The van der Waals surface area contributed by atoms with E-state index in [1.807, 2.05) is 97.1 Å². The first-order valence-corrected chi connectivity index (χ1v) is 9.26. The van der Waals surface area contributed by atoms with Crippen molar-refractivity contribution in [2.75, 3.05) is 11.9 Å². The van der Waals surface area contributed by atoms with Gasteiger partial charge >= 0.3 is 0 Å². The van der Waals surface area contributed by atoms with Crippen LogP contribution in [0.25, 0.3) is 21.9 Å². The lowest BCUT2D eigenvalue weighted by atomic mass is 9.82. The molecule has 0 atom stereocenters. The van der Waals surface area contributed by atoms with Gasteiger partial charge in [0.05, 0.1) is 12.0 Å². The number of benzene rings is 4. The molecule has 0 spiro atoms. The summed E-state index contributed by atoms with van der Waals surface area (Å²) in [6.07, 6.45) is 1.82. The van der Waals surface area contributed by atoms with Gasteiger partial charge in [0, 0.05) is 34.6 Å². The second-order valence-corrected chi connectivity index (χ2v) is 6.93. The molecule has 0 fully saturated rings. The van der Waals surface area contributed by atoms with Gasteiger partial charge in [-0.05, 0) is 29.3 Å². The average Bonchev–Trinajstić information content (AvgIpc) is 2.76. The number of fused-ring (bicyclic) bond motifs is 2. The van der Waals surface area contributed by atoms with Gasteiger partial charge in [-0.2, -0.15) is 0 Å². The summed E-state index contributed by atoms with van der Waals surface area (Å²) >= 11 is 0. The summed E-state index contributed by atoms with van der Waals surface area (Å²) in [7, 11) is 1.98. The highest BCUT2D eigenvalue weighted by molar-refractivity contribution is 6.27. The Kier molecular flexibility index (Phi) is 3.80. The van der Waals surface area contributed by atoms with Gasteiger partial charge in [0.1, 0.15) is 0 Å². The molecule has 0 aromatic heterocycles. The molecule has 0 saturated heterocycles. The predicted octanol–water partition coefficient (Wildman–Crippen LogP) is 5.85. The number of para-hydroxylation sites is 1. The highest BCUT2D eigenvalue weighted by Crippen LogP contribution is 2.42. The van der Waals surface area contributed by atoms with E-state index in [1.165, 1.54) is 0 Å². The molecule has 0 amide bonds. The third kappa shape index (κ3) is 2.52. The highest BCUT2D eigenvalue weighted by Gasteiger charge is 2.25. The molecule has 4 aromatic rings. The maximum atomic E-state index is 13.0. The van der Waals surface area contributed by atoms with E-state index in [-0.39, 0.29) is 5.78 Å². The number of carbonyl (C=O) groups excluding carboxylic acids is 1. The monoisotopic (exact) mass is 362 g/mol. The first kappa shape index (κ1) is 16.5. The Balaban J connectivity index is 1.65. The van der Waals surface area contributed by atoms with Gasteiger partial charge < -0.3 is 4.90 Å². The van der Waals surface area contributed by atoms with E-state index in [4.69, 9.17) is 4.99 Å². The Morgan fingerprint density at radius 3 is 2.25 bits per heavy atom. The molecule has 0 unspecified atom stereocenters. The van der Waals surface area contributed by atoms with Crippen LogP contribution in [-0.4, -0.2) is 19.2 Å². The van der Waals surface area contributed by atoms with Crippen molar-refractivity contribution in [3.63, 3.8) is 0 Å². The number of rotatable bonds is 3. The molecular formula is C25H18N2O. The molecule has 0 aliphatic heterocycles. The maximum Gasteiger partial charge on any atom is 0.194 e. The Hall–Kier alpha value is -3.72. The summed E-state index contributed by atoms with van der Waals surface area (Å²) in [5, 5.41) is 1.98. The van der Waals surface area contributed by atoms with E-state index in [2.05, 4.69) is 6.07 Å². The number of hydrogen-bond donors (Lipinski definition) is 0. The van der Waals surface area contributed by atoms with Crippen LogP contribution in [0.3, 0.4) is 0 Å². The van der Waals surface area contributed by atoms with E-state index in [0.717, 1.165) is 44.4 Å². The van der Waals surface area contributed by atoms with Gasteiger partial charge in [-0.25, -0.2) is 4.99 Å². The second kappa shape index (κ2) is 6.46. The zero-order chi connectivity index (χ0) is 19.1. The third-order valence-corrected chi connectivity index (χ3v) is 5.26. The Labute approximate surface area is 163 Å². The van der Waals surface area contributed by atoms with Crippen LogP contribution in [-0.2, 0) is 0 Å². The molecule has 1 aliphatic carbocycles. The topological polar surface area (TPSA) is 32.7 Å². The van der Waals surface area contributed by atoms with Crippen LogP contribution >= 0.6 is 0 Å². The van der Waals surface area contributed by atoms with Crippen LogP contribution in [0, 0.1) is 0 Å². The van der Waals surface area contributed by atoms with Crippen LogP contribution in [0.5, 0.6) is 0 Å². The van der Waals surface area contributed by atoms with E-state index in [0.29, 0.717) is 0 Å². The Morgan fingerprint density at radius 2 is 1.43 bits per heavy atom. The van der Waals surface area contributed by atoms with Gasteiger partial charge in [-0.15, -0.1) is 0 Å². The standard InChI is InChI=1S/C25H18N2O/c1-27(17-8-3-2-4-9-17)16-26-23-15-14-19-18-10-5-6-11-20(18)25(28)22-13-7-12-21(23)24(19)22/h2-16H,1H3. The molecule has 1 aliphatic rings. The van der Waals surface area contributed by atoms with Gasteiger partial charge in [0.2, 0.25) is 0 Å². The molecule has 5 rings (SSSR count). The molecule has 3 nitrogen and oxygen atoms in total. The smallest absolute Gasteiger partial charge is 0.194 e. The Bertz CT molecular complexity index is 1240. The number of nitrogens with zero attached hydrogens (tertiary/aromatic N) is 2. The average molecular weight is 362 g/mol. The third-order valence-electron chi connectivity index (χ3n) is 5.26. The molecular weight excluding hydrogens is 344 g/mol. The van der Waals surface area contributed by atoms with E-state index >= 15 is 0 Å². The van der Waals surface area contributed by atoms with Crippen molar-refractivity contribution in [1.29, 1.82) is 0 Å². The minimum atomic E-state index is 0.0798. The number of carbonyl (C=O) groups is 1. The lowest BCUT2D eigenvalue weighted by Gasteiger charge is -2.20. The van der Waals surface area contributed by atoms with E-state index < -0.39 is 0 Å². The number of aliphatic imine (C=N–C) groups is 1. The van der Waals surface area contributed by atoms with Crippen LogP contribution in [0.15, 0.2) is 89.9 Å². The fourth-order valence-corrected chi connectivity index (χ4v) is 3.86. The van der Waals surface area contributed by atoms with Gasteiger partial charge in [0.25, 0.3) is 0 Å². The number of hydrogen-bond acceptors (Lipinski definition) is 2. The van der Waals surface area contributed by atoms with Crippen molar-refractivity contribution in [1.82, 2.24) is 0 Å². The van der Waals surface area contributed by atoms with E-state index in [9.17, 15) is 4.79 Å². The largest absolute Gasteiger partial charge is 0.336 e. The summed E-state index contributed by atoms with van der Waals surface area (Å²) in [5.74, 6) is 0.0798. The zero-order valence-electron chi connectivity index (χ0n) is 15.5. The zero-order valence-corrected chi connectivity index (χ0v) is 15.5. The Morgan fingerprint density at radius 1 is 0.714 bits per heavy atom. The van der Waals surface area contributed by atoms with E-state index in [1.54, 1.807) is 0 Å². The van der Waals surface area contributed by atoms with Crippen LogP contribution < -0.4 is 4.90 Å². The first-order chi connectivity index (χ1) is 13.7. The lowest BCUT2D eigenvalue weighted by molar-refractivity contribution is 0.104. The first-order valence-electron chi connectivity index (χ1n) is 9.26. The van der Waals surface area contributed by atoms with Crippen molar-refractivity contribution in [3.05, 3.63) is 96.1 Å². The normalized spacial score (nSPS) is 12.4. The minimum absolute atomic E-state index is 0.0798. The molecule has 0 radical (unpaired) electrons. The minimum Gasteiger partial charge on any atom is -0.336 e. The van der Waals surface area contributed by atoms with Crippen LogP contribution in [0.4, 0.5) is 11.4 Å². The van der Waals surface area contributed by atoms with Crippen molar-refractivity contribution < 1.29 is 4.79 Å². The SMILES string of the molecule is CN(C=Nc1ccc2c3c(cccc13)C(=O)c1ccccc1-2)c1ccccc1. The maximum absolute atomic E-state index is 13.0. The molecule has 0 N–H and O–H groups in total. The summed E-state index contributed by atoms with van der Waals surface area (Å²) in [5.41, 5.74) is 5.53. The summed E-state index contributed by atoms with van der Waals surface area (Å²) in [6.45, 7) is 0. The quantitative estimate of drug-likeness (QED) is 0.298. The second-order valence-electron chi connectivity index (χ2n) is 6.93. The fourth-order valence-electron chi connectivity index (χ4n) is 3.86. The molecule has 3 heteroatoms. The molecule has 4 aromatic carbocycles. The molecule has 0 bridgehead atoms. The molecule has 134 valence electrons. The van der Waals surface area contributed by atoms with Gasteiger partial charge in [-0.1, -0.05) is 66.7 Å². The fraction of sp³-hybridized carbons (Fsp3) is 0.0400. The number of ketones is 1. The predicted molar refractivity (Wildman–Crippen MR) is 116 cm³/mol. The summed E-state index contributed by atoms with van der Waals surface area (Å²) < 4.78 is 0. The lowest BCUT2D eigenvalue weighted by Crippen LogP contribution is -2.13. The van der Waals surface area contributed by atoms with Gasteiger partial charge in [0.15, 0.2) is 5.78 Å². The van der Waals surface area contributed by atoms with Crippen LogP contribution in [0.2, 0.25) is 0 Å². The highest BCUT2D eigenvalue weighted by atomic mass is 16.1.